The van der Waals surface area contributed by atoms with Gasteiger partial charge in [-0.3, -0.25) is 4.90 Å². The number of rotatable bonds is 2. The lowest BCUT2D eigenvalue weighted by atomic mass is 10.2. The molecule has 0 atom stereocenters. The van der Waals surface area contributed by atoms with Gasteiger partial charge < -0.3 is 0 Å². The Hall–Kier alpha value is -0.310. The van der Waals surface area contributed by atoms with Crippen LogP contribution in [0.5, 0.6) is 0 Å². The summed E-state index contributed by atoms with van der Waals surface area (Å²) in [5, 5.41) is 2.97. The van der Waals surface area contributed by atoms with Gasteiger partial charge in [0, 0.05) is 24.5 Å². The van der Waals surface area contributed by atoms with Crippen LogP contribution < -0.4 is 0 Å². The lowest BCUT2D eigenvalue weighted by Gasteiger charge is -2.22. The summed E-state index contributed by atoms with van der Waals surface area (Å²) in [6.07, 6.45) is 5.64. The molecule has 0 aromatic carbocycles. The number of nitrogens with zero attached hydrogens (tertiary/aromatic N) is 1. The summed E-state index contributed by atoms with van der Waals surface area (Å²) >= 11 is 7.77. The molecule has 0 saturated heterocycles. The molecule has 3 heteroatoms. The van der Waals surface area contributed by atoms with Crippen LogP contribution in [0.1, 0.15) is 11.3 Å². The Labute approximate surface area is 87.6 Å². The van der Waals surface area contributed by atoms with Crippen molar-refractivity contribution in [2.24, 2.45) is 0 Å². The van der Waals surface area contributed by atoms with E-state index in [0.29, 0.717) is 0 Å². The number of thiophene rings is 1. The fourth-order valence-electron chi connectivity index (χ4n) is 1.47. The highest BCUT2D eigenvalue weighted by atomic mass is 35.5. The normalized spacial score (nSPS) is 17.9. The van der Waals surface area contributed by atoms with Gasteiger partial charge in [-0.15, -0.1) is 11.3 Å². The molecule has 1 aromatic heterocycles. The molecule has 0 fully saturated rings. The molecule has 0 unspecified atom stereocenters. The summed E-state index contributed by atoms with van der Waals surface area (Å²) in [6, 6.07) is 1.97. The van der Waals surface area contributed by atoms with Gasteiger partial charge in [0.15, 0.2) is 0 Å². The Morgan fingerprint density at radius 3 is 3.00 bits per heavy atom. The molecule has 2 rings (SSSR count). The zero-order valence-corrected chi connectivity index (χ0v) is 8.94. The highest BCUT2D eigenvalue weighted by molar-refractivity contribution is 7.10. The largest absolute Gasteiger partial charge is 0.294 e. The van der Waals surface area contributed by atoms with Crippen LogP contribution in [0.4, 0.5) is 0 Å². The van der Waals surface area contributed by atoms with E-state index in [-0.39, 0.29) is 0 Å². The van der Waals surface area contributed by atoms with E-state index in [2.05, 4.69) is 22.4 Å². The maximum Gasteiger partial charge on any atom is 0.0558 e. The van der Waals surface area contributed by atoms with Gasteiger partial charge in [0.2, 0.25) is 0 Å². The molecular formula is C10H12ClNS. The van der Waals surface area contributed by atoms with Crippen LogP contribution in [-0.4, -0.2) is 18.0 Å². The van der Waals surface area contributed by atoms with Gasteiger partial charge in [-0.2, -0.15) is 0 Å². The van der Waals surface area contributed by atoms with Crippen LogP contribution in [0.25, 0.3) is 0 Å². The molecule has 13 heavy (non-hydrogen) atoms. The van der Waals surface area contributed by atoms with Crippen molar-refractivity contribution < 1.29 is 0 Å². The maximum atomic E-state index is 6.02. The van der Waals surface area contributed by atoms with Crippen LogP contribution in [0.15, 0.2) is 23.6 Å². The molecule has 0 radical (unpaired) electrons. The van der Waals surface area contributed by atoms with Gasteiger partial charge in [0.25, 0.3) is 0 Å². The lowest BCUT2D eigenvalue weighted by molar-refractivity contribution is 0.293. The highest BCUT2D eigenvalue weighted by Crippen LogP contribution is 2.23. The topological polar surface area (TPSA) is 3.24 Å². The highest BCUT2D eigenvalue weighted by Gasteiger charge is 2.09. The van der Waals surface area contributed by atoms with Gasteiger partial charge in [-0.25, -0.2) is 0 Å². The number of hydrogen-bond acceptors (Lipinski definition) is 2. The monoisotopic (exact) mass is 213 g/mol. The summed E-state index contributed by atoms with van der Waals surface area (Å²) < 4.78 is 0. The van der Waals surface area contributed by atoms with E-state index in [4.69, 9.17) is 11.6 Å². The van der Waals surface area contributed by atoms with Gasteiger partial charge in [0.1, 0.15) is 0 Å². The first-order chi connectivity index (χ1) is 6.36. The van der Waals surface area contributed by atoms with Crippen LogP contribution in [0.2, 0.25) is 5.02 Å². The molecule has 1 aliphatic heterocycles. The minimum Gasteiger partial charge on any atom is -0.294 e. The summed E-state index contributed by atoms with van der Waals surface area (Å²) in [7, 11) is 0. The van der Waals surface area contributed by atoms with Crippen LogP contribution in [-0.2, 0) is 6.54 Å². The van der Waals surface area contributed by atoms with Crippen molar-refractivity contribution >= 4 is 22.9 Å². The zero-order chi connectivity index (χ0) is 9.10. The third kappa shape index (κ3) is 2.33. The zero-order valence-electron chi connectivity index (χ0n) is 7.37. The Balaban J connectivity index is 1.98. The van der Waals surface area contributed by atoms with Crippen LogP contribution >= 0.6 is 22.9 Å². The predicted octanol–water partition coefficient (Wildman–Crippen LogP) is 3.16. The molecule has 1 nitrogen and oxygen atoms in total. The van der Waals surface area contributed by atoms with Crippen molar-refractivity contribution in [1.82, 2.24) is 4.90 Å². The van der Waals surface area contributed by atoms with Crippen molar-refractivity contribution in [3.05, 3.63) is 33.5 Å². The maximum absolute atomic E-state index is 6.02. The summed E-state index contributed by atoms with van der Waals surface area (Å²) in [4.78, 5) is 3.70. The van der Waals surface area contributed by atoms with Crippen molar-refractivity contribution in [2.75, 3.05) is 13.1 Å². The SMILES string of the molecule is Clc1ccsc1CN1CC=CCC1. The molecule has 0 amide bonds. The van der Waals surface area contributed by atoms with Crippen molar-refractivity contribution in [3.63, 3.8) is 0 Å². The first-order valence-electron chi connectivity index (χ1n) is 4.45. The Morgan fingerprint density at radius 1 is 1.46 bits per heavy atom. The average molecular weight is 214 g/mol. The molecule has 0 bridgehead atoms. The van der Waals surface area contributed by atoms with Crippen molar-refractivity contribution in [3.8, 4) is 0 Å². The molecule has 1 aromatic rings. The van der Waals surface area contributed by atoms with Gasteiger partial charge in [-0.1, -0.05) is 23.8 Å². The molecule has 0 spiro atoms. The van der Waals surface area contributed by atoms with E-state index in [1.807, 2.05) is 6.07 Å². The fraction of sp³-hybridized carbons (Fsp3) is 0.400. The van der Waals surface area contributed by atoms with E-state index < -0.39 is 0 Å². The second kappa shape index (κ2) is 4.27. The first-order valence-corrected chi connectivity index (χ1v) is 5.71. The summed E-state index contributed by atoms with van der Waals surface area (Å²) in [5.41, 5.74) is 0. The van der Waals surface area contributed by atoms with Crippen LogP contribution in [0.3, 0.4) is 0 Å². The van der Waals surface area contributed by atoms with E-state index in [1.165, 1.54) is 11.3 Å². The minimum atomic E-state index is 0.916. The van der Waals surface area contributed by atoms with E-state index >= 15 is 0 Å². The molecule has 0 aliphatic carbocycles. The van der Waals surface area contributed by atoms with E-state index in [1.54, 1.807) is 11.3 Å². The lowest BCUT2D eigenvalue weighted by Crippen LogP contribution is -2.26. The second-order valence-electron chi connectivity index (χ2n) is 3.19. The minimum absolute atomic E-state index is 0.916. The third-order valence-corrected chi connectivity index (χ3v) is 3.57. The first kappa shape index (κ1) is 9.25. The standard InChI is InChI=1S/C10H12ClNS/c11-9-4-7-13-10(9)8-12-5-2-1-3-6-12/h1-2,4,7H,3,5-6,8H2. The molecule has 0 saturated carbocycles. The van der Waals surface area contributed by atoms with Crippen molar-refractivity contribution in [2.45, 2.75) is 13.0 Å². The fourth-order valence-corrected chi connectivity index (χ4v) is 2.61. The summed E-state index contributed by atoms with van der Waals surface area (Å²) in [5.74, 6) is 0. The average Bonchev–Trinajstić information content (AvgIpc) is 2.54. The molecule has 2 heterocycles. The Kier molecular flexibility index (Phi) is 3.04. The van der Waals surface area contributed by atoms with Gasteiger partial charge in [0.05, 0.1) is 5.02 Å². The molecule has 70 valence electrons. The smallest absolute Gasteiger partial charge is 0.0558 e. The Bertz CT molecular complexity index is 306. The number of hydrogen-bond donors (Lipinski definition) is 0. The van der Waals surface area contributed by atoms with E-state index in [0.717, 1.165) is 24.7 Å². The van der Waals surface area contributed by atoms with E-state index in [9.17, 15) is 0 Å². The quantitative estimate of drug-likeness (QED) is 0.683. The van der Waals surface area contributed by atoms with Gasteiger partial charge >= 0.3 is 0 Å². The van der Waals surface area contributed by atoms with Crippen LogP contribution in [0, 0.1) is 0 Å². The van der Waals surface area contributed by atoms with Crippen molar-refractivity contribution in [1.29, 1.82) is 0 Å². The summed E-state index contributed by atoms with van der Waals surface area (Å²) in [6.45, 7) is 3.22. The Morgan fingerprint density at radius 2 is 2.38 bits per heavy atom. The molecule has 1 aliphatic rings. The second-order valence-corrected chi connectivity index (χ2v) is 4.59. The third-order valence-electron chi connectivity index (χ3n) is 2.20. The molecular weight excluding hydrogens is 202 g/mol. The predicted molar refractivity (Wildman–Crippen MR) is 58.4 cm³/mol. The molecule has 0 N–H and O–H groups in total. The number of halogens is 1. The van der Waals surface area contributed by atoms with Gasteiger partial charge in [-0.05, 0) is 17.9 Å².